The minimum atomic E-state index is -2.33. The van der Waals surface area contributed by atoms with Crippen LogP contribution in [0.3, 0.4) is 0 Å². The molecule has 34 heavy (non-hydrogen) atoms. The first-order chi connectivity index (χ1) is 16.3. The SMILES string of the molecule is COc1cc(C2=CC(=N)N(CC(O)C3=CC(F)C(F)C(F)=C3)CCC2)ccc1-n1cnc(C)c1. The van der Waals surface area contributed by atoms with Crippen LogP contribution < -0.4 is 4.74 Å². The topological polar surface area (TPSA) is 74.4 Å². The van der Waals surface area contributed by atoms with Gasteiger partial charge in [-0.25, -0.2) is 18.2 Å². The summed E-state index contributed by atoms with van der Waals surface area (Å²) in [6.45, 7) is 2.38. The van der Waals surface area contributed by atoms with Gasteiger partial charge in [-0.05, 0) is 66.8 Å². The zero-order valence-electron chi connectivity index (χ0n) is 19.0. The van der Waals surface area contributed by atoms with Crippen molar-refractivity contribution in [3.8, 4) is 11.4 Å². The van der Waals surface area contributed by atoms with E-state index in [-0.39, 0.29) is 18.0 Å². The number of ether oxygens (including phenoxy) is 1. The number of amidine groups is 1. The van der Waals surface area contributed by atoms with E-state index >= 15 is 0 Å². The molecule has 180 valence electrons. The Labute approximate surface area is 196 Å². The van der Waals surface area contributed by atoms with Gasteiger partial charge in [-0.15, -0.1) is 0 Å². The van der Waals surface area contributed by atoms with Gasteiger partial charge in [-0.3, -0.25) is 5.41 Å². The maximum absolute atomic E-state index is 13.7. The molecule has 0 spiro atoms. The summed E-state index contributed by atoms with van der Waals surface area (Å²) < 4.78 is 48.1. The Morgan fingerprint density at radius 2 is 2.09 bits per heavy atom. The summed E-state index contributed by atoms with van der Waals surface area (Å²) in [7, 11) is 1.60. The summed E-state index contributed by atoms with van der Waals surface area (Å²) >= 11 is 0. The second-order valence-electron chi connectivity index (χ2n) is 8.47. The molecule has 1 aliphatic heterocycles. The smallest absolute Gasteiger partial charge is 0.186 e. The van der Waals surface area contributed by atoms with Gasteiger partial charge in [0.05, 0.1) is 30.9 Å². The molecule has 1 aromatic carbocycles. The molecule has 6 nitrogen and oxygen atoms in total. The number of hydrogen-bond acceptors (Lipinski definition) is 4. The monoisotopic (exact) mass is 472 g/mol. The lowest BCUT2D eigenvalue weighted by Crippen LogP contribution is -2.37. The van der Waals surface area contributed by atoms with E-state index in [9.17, 15) is 18.3 Å². The number of aryl methyl sites for hydroxylation is 1. The van der Waals surface area contributed by atoms with Crippen molar-refractivity contribution in [3.05, 3.63) is 71.6 Å². The van der Waals surface area contributed by atoms with E-state index in [1.54, 1.807) is 24.4 Å². The Morgan fingerprint density at radius 1 is 1.29 bits per heavy atom. The van der Waals surface area contributed by atoms with E-state index in [0.29, 0.717) is 25.1 Å². The fraction of sp³-hybridized carbons (Fsp3) is 0.360. The molecule has 0 fully saturated rings. The fourth-order valence-corrected chi connectivity index (χ4v) is 4.20. The van der Waals surface area contributed by atoms with Gasteiger partial charge in [0.2, 0.25) is 0 Å². The molecule has 9 heteroatoms. The number of rotatable bonds is 6. The molecular formula is C25H27F3N4O2. The molecule has 0 saturated heterocycles. The second kappa shape index (κ2) is 9.89. The number of aromatic nitrogens is 2. The number of allylic oxidation sites excluding steroid dienone is 3. The Hall–Kier alpha value is -3.33. The Balaban J connectivity index is 1.52. The first kappa shape index (κ1) is 23.8. The normalized spacial score (nSPS) is 22.0. The molecule has 2 aliphatic rings. The van der Waals surface area contributed by atoms with Crippen LogP contribution in [0.25, 0.3) is 11.3 Å². The number of imidazole rings is 1. The minimum Gasteiger partial charge on any atom is -0.495 e. The van der Waals surface area contributed by atoms with Crippen LogP contribution in [0, 0.1) is 12.3 Å². The number of nitrogens with one attached hydrogen (secondary N) is 1. The summed E-state index contributed by atoms with van der Waals surface area (Å²) in [6, 6.07) is 5.82. The summed E-state index contributed by atoms with van der Waals surface area (Å²) in [5.41, 5.74) is 3.58. The number of nitrogens with zero attached hydrogens (tertiary/aromatic N) is 3. The lowest BCUT2D eigenvalue weighted by molar-refractivity contribution is 0.165. The molecule has 3 atom stereocenters. The third kappa shape index (κ3) is 4.94. The molecule has 0 saturated carbocycles. The van der Waals surface area contributed by atoms with Crippen LogP contribution in [0.1, 0.15) is 24.1 Å². The van der Waals surface area contributed by atoms with Gasteiger partial charge < -0.3 is 19.3 Å². The van der Waals surface area contributed by atoms with E-state index < -0.39 is 24.3 Å². The minimum absolute atomic E-state index is 0.0183. The highest BCUT2D eigenvalue weighted by atomic mass is 19.2. The molecule has 1 aromatic heterocycles. The molecule has 0 amide bonds. The number of aliphatic hydroxyl groups excluding tert-OH is 1. The molecular weight excluding hydrogens is 445 g/mol. The van der Waals surface area contributed by atoms with E-state index in [2.05, 4.69) is 4.98 Å². The average Bonchev–Trinajstić information content (AvgIpc) is 3.17. The first-order valence-corrected chi connectivity index (χ1v) is 11.0. The quantitative estimate of drug-likeness (QED) is 0.650. The van der Waals surface area contributed by atoms with Crippen molar-refractivity contribution in [2.24, 2.45) is 0 Å². The van der Waals surface area contributed by atoms with Crippen molar-refractivity contribution in [1.29, 1.82) is 5.41 Å². The number of benzene rings is 1. The van der Waals surface area contributed by atoms with E-state index in [4.69, 9.17) is 10.1 Å². The van der Waals surface area contributed by atoms with Crippen molar-refractivity contribution in [1.82, 2.24) is 14.5 Å². The van der Waals surface area contributed by atoms with Gasteiger partial charge in [0.15, 0.2) is 12.3 Å². The summed E-state index contributed by atoms with van der Waals surface area (Å²) in [5, 5.41) is 19.0. The van der Waals surface area contributed by atoms with E-state index in [0.717, 1.165) is 34.7 Å². The largest absolute Gasteiger partial charge is 0.495 e. The number of aliphatic hydroxyl groups is 1. The van der Waals surface area contributed by atoms with Crippen LogP contribution in [-0.2, 0) is 0 Å². The zero-order valence-corrected chi connectivity index (χ0v) is 19.0. The molecule has 0 radical (unpaired) electrons. The Bertz CT molecular complexity index is 1170. The number of hydrogen-bond donors (Lipinski definition) is 2. The third-order valence-corrected chi connectivity index (χ3v) is 6.04. The molecule has 4 rings (SSSR count). The fourth-order valence-electron chi connectivity index (χ4n) is 4.20. The Morgan fingerprint density at radius 3 is 2.76 bits per heavy atom. The second-order valence-corrected chi connectivity index (χ2v) is 8.47. The number of halogens is 3. The highest BCUT2D eigenvalue weighted by Gasteiger charge is 2.30. The maximum Gasteiger partial charge on any atom is 0.186 e. The number of β-amino-alcohol motifs (C(OH)–C–C–N with tert-alkyl or cyclic N) is 1. The van der Waals surface area contributed by atoms with E-state index in [1.165, 1.54) is 0 Å². The van der Waals surface area contributed by atoms with Gasteiger partial charge >= 0.3 is 0 Å². The van der Waals surface area contributed by atoms with Crippen molar-refractivity contribution in [3.63, 3.8) is 0 Å². The molecule has 2 N–H and O–H groups in total. The van der Waals surface area contributed by atoms with Gasteiger partial charge in [0.1, 0.15) is 17.4 Å². The third-order valence-electron chi connectivity index (χ3n) is 6.04. The Kier molecular flexibility index (Phi) is 6.92. The molecule has 2 heterocycles. The van der Waals surface area contributed by atoms with Crippen LogP contribution in [0.4, 0.5) is 13.2 Å². The van der Waals surface area contributed by atoms with Crippen LogP contribution in [0.5, 0.6) is 5.75 Å². The summed E-state index contributed by atoms with van der Waals surface area (Å²) in [4.78, 5) is 5.91. The molecule has 2 aromatic rings. The summed E-state index contributed by atoms with van der Waals surface area (Å²) in [5.74, 6) is -0.384. The van der Waals surface area contributed by atoms with Crippen molar-refractivity contribution >= 4 is 11.4 Å². The highest BCUT2D eigenvalue weighted by molar-refractivity contribution is 5.98. The van der Waals surface area contributed by atoms with Crippen LogP contribution >= 0.6 is 0 Å². The molecule has 3 unspecified atom stereocenters. The molecule has 1 aliphatic carbocycles. The van der Waals surface area contributed by atoms with Gasteiger partial charge in [0.25, 0.3) is 0 Å². The predicted octanol–water partition coefficient (Wildman–Crippen LogP) is 4.48. The van der Waals surface area contributed by atoms with Crippen LogP contribution in [0.15, 0.2) is 60.4 Å². The highest BCUT2D eigenvalue weighted by Crippen LogP contribution is 2.31. The van der Waals surface area contributed by atoms with Crippen molar-refractivity contribution < 1.29 is 23.0 Å². The average molecular weight is 473 g/mol. The van der Waals surface area contributed by atoms with Gasteiger partial charge in [-0.2, -0.15) is 0 Å². The zero-order chi connectivity index (χ0) is 24.4. The van der Waals surface area contributed by atoms with Gasteiger partial charge in [-0.1, -0.05) is 6.07 Å². The van der Waals surface area contributed by atoms with Crippen LogP contribution in [-0.4, -0.2) is 64.0 Å². The number of alkyl halides is 2. The lowest BCUT2D eigenvalue weighted by Gasteiger charge is -2.27. The van der Waals surface area contributed by atoms with Crippen molar-refractivity contribution in [2.45, 2.75) is 38.2 Å². The van der Waals surface area contributed by atoms with Crippen molar-refractivity contribution in [2.75, 3.05) is 20.2 Å². The standard InChI is InChI=1S/C25H27F3N4O2/c1-15-12-32(14-30-15)21-6-5-17(10-23(21)34-2)16-4-3-7-31(24(29)11-16)13-22(33)18-8-19(26)25(28)20(27)9-18/h5-6,8-12,14,19,22,25,29,33H,3-4,7,13H2,1-2H3. The summed E-state index contributed by atoms with van der Waals surface area (Å²) in [6.07, 6.45) is 2.80. The number of methoxy groups -OCH3 is 1. The maximum atomic E-state index is 13.7. The van der Waals surface area contributed by atoms with E-state index in [1.807, 2.05) is 35.9 Å². The molecule has 0 bridgehead atoms. The first-order valence-electron chi connectivity index (χ1n) is 11.0. The lowest BCUT2D eigenvalue weighted by atomic mass is 9.98. The van der Waals surface area contributed by atoms with Gasteiger partial charge in [0, 0.05) is 19.3 Å². The van der Waals surface area contributed by atoms with Crippen LogP contribution in [0.2, 0.25) is 0 Å². The predicted molar refractivity (Wildman–Crippen MR) is 124 cm³/mol.